The molecule has 3 aromatic heterocycles. The van der Waals surface area contributed by atoms with Crippen molar-refractivity contribution in [3.8, 4) is 11.3 Å². The van der Waals surface area contributed by atoms with E-state index in [0.717, 1.165) is 50.0 Å². The summed E-state index contributed by atoms with van der Waals surface area (Å²) < 4.78 is 9.09. The predicted molar refractivity (Wildman–Crippen MR) is 175 cm³/mol. The molecule has 0 radical (unpaired) electrons. The molecular weight excluding hydrogens is 586 g/mol. The Morgan fingerprint density at radius 1 is 1.07 bits per heavy atom. The lowest BCUT2D eigenvalue weighted by atomic mass is 9.84. The molecule has 3 fully saturated rings. The van der Waals surface area contributed by atoms with Crippen molar-refractivity contribution >= 4 is 23.5 Å². The number of likely N-dealkylation sites (N-methyl/N-ethyl adjacent to an activating group) is 1. The van der Waals surface area contributed by atoms with E-state index in [4.69, 9.17) is 4.74 Å². The maximum absolute atomic E-state index is 13.4. The van der Waals surface area contributed by atoms with E-state index in [-0.39, 0.29) is 23.7 Å². The van der Waals surface area contributed by atoms with E-state index >= 15 is 0 Å². The third-order valence-electron chi connectivity index (χ3n) is 9.29. The van der Waals surface area contributed by atoms with E-state index in [2.05, 4.69) is 20.2 Å². The molecule has 0 spiro atoms. The van der Waals surface area contributed by atoms with Gasteiger partial charge in [-0.05, 0) is 71.4 Å². The van der Waals surface area contributed by atoms with E-state index < -0.39 is 11.8 Å². The first-order valence-electron chi connectivity index (χ1n) is 16.3. The van der Waals surface area contributed by atoms with Crippen LogP contribution in [-0.4, -0.2) is 97.9 Å². The second kappa shape index (κ2) is 12.8. The molecule has 2 aliphatic heterocycles. The zero-order chi connectivity index (χ0) is 32.6. The summed E-state index contributed by atoms with van der Waals surface area (Å²) in [5.41, 5.74) is 2.18. The van der Waals surface area contributed by atoms with E-state index in [1.807, 2.05) is 44.7 Å². The Morgan fingerprint density at radius 2 is 1.87 bits per heavy atom. The SMILES string of the molecule is CC(n1cc(-c2cncc(N3CCN(C)C3=O)c2)nn1)n1ccc(N2CCC[C@@H](N(CC3CCC3)C(=O)OC(C)(C)C)C2)cc1=O. The number of rotatable bonds is 8. The third kappa shape index (κ3) is 6.73. The van der Waals surface area contributed by atoms with Gasteiger partial charge in [0.25, 0.3) is 5.56 Å². The number of carbonyl (C=O) groups excluding carboxylic acids is 2. The van der Waals surface area contributed by atoms with Crippen LogP contribution in [0.2, 0.25) is 0 Å². The van der Waals surface area contributed by atoms with E-state index in [1.54, 1.807) is 57.0 Å². The summed E-state index contributed by atoms with van der Waals surface area (Å²) in [5.74, 6) is 0.530. The molecule has 1 unspecified atom stereocenters. The van der Waals surface area contributed by atoms with Gasteiger partial charge in [-0.1, -0.05) is 11.6 Å². The van der Waals surface area contributed by atoms with Crippen LogP contribution in [0, 0.1) is 5.92 Å². The van der Waals surface area contributed by atoms with E-state index in [0.29, 0.717) is 36.9 Å². The van der Waals surface area contributed by atoms with Crippen molar-refractivity contribution in [3.05, 3.63) is 53.3 Å². The first-order valence-corrected chi connectivity index (χ1v) is 16.3. The normalized spacial score (nSPS) is 19.7. The van der Waals surface area contributed by atoms with Crippen LogP contribution in [0.3, 0.4) is 0 Å². The lowest BCUT2D eigenvalue weighted by Crippen LogP contribution is -2.53. The molecule has 3 amide bonds. The summed E-state index contributed by atoms with van der Waals surface area (Å²) in [6, 6.07) is 5.47. The first kappa shape index (κ1) is 31.6. The largest absolute Gasteiger partial charge is 0.444 e. The average Bonchev–Trinajstić information content (AvgIpc) is 3.62. The van der Waals surface area contributed by atoms with Crippen LogP contribution >= 0.6 is 0 Å². The Hall–Kier alpha value is -4.42. The zero-order valence-electron chi connectivity index (χ0n) is 27.5. The lowest BCUT2D eigenvalue weighted by Gasteiger charge is -2.43. The summed E-state index contributed by atoms with van der Waals surface area (Å²) in [5, 5.41) is 8.65. The molecule has 1 aliphatic carbocycles. The van der Waals surface area contributed by atoms with E-state index in [9.17, 15) is 14.4 Å². The van der Waals surface area contributed by atoms with E-state index in [1.165, 1.54) is 6.42 Å². The fourth-order valence-electron chi connectivity index (χ4n) is 6.40. The Labute approximate surface area is 269 Å². The summed E-state index contributed by atoms with van der Waals surface area (Å²) >= 11 is 0. The van der Waals surface area contributed by atoms with Gasteiger partial charge in [-0.15, -0.1) is 5.10 Å². The van der Waals surface area contributed by atoms with Crippen molar-refractivity contribution < 1.29 is 14.3 Å². The zero-order valence-corrected chi connectivity index (χ0v) is 27.5. The summed E-state index contributed by atoms with van der Waals surface area (Å²) in [6.07, 6.45) is 11.6. The monoisotopic (exact) mass is 631 g/mol. The maximum atomic E-state index is 13.4. The minimum Gasteiger partial charge on any atom is -0.444 e. The molecule has 0 N–H and O–H groups in total. The van der Waals surface area contributed by atoms with Crippen molar-refractivity contribution in [2.75, 3.05) is 49.6 Å². The molecule has 6 rings (SSSR count). The number of piperidine rings is 1. The Morgan fingerprint density at radius 3 is 2.54 bits per heavy atom. The van der Waals surface area contributed by atoms with Gasteiger partial charge in [-0.25, -0.2) is 14.3 Å². The van der Waals surface area contributed by atoms with Crippen LogP contribution in [0.5, 0.6) is 0 Å². The highest BCUT2D eigenvalue weighted by Crippen LogP contribution is 2.31. The quantitative estimate of drug-likeness (QED) is 0.358. The van der Waals surface area contributed by atoms with Gasteiger partial charge in [-0.3, -0.25) is 19.2 Å². The molecule has 2 saturated heterocycles. The standard InChI is InChI=1S/C33H45N9O4/c1-23(42-22-29(35-36-42)25-16-28(19-34-18-25)40-15-14-37(5)31(40)44)39-13-11-26(17-30(39)43)38-12-7-10-27(21-38)41(20-24-8-6-9-24)32(45)46-33(2,3)4/h11,13,16-19,22-24,27H,6-10,12,14-15,20-21H2,1-5H3/t23?,27-/m1/s1. The highest BCUT2D eigenvalue weighted by molar-refractivity contribution is 5.94. The molecule has 5 heterocycles. The van der Waals surface area contributed by atoms with Crippen LogP contribution in [0.1, 0.15) is 66.0 Å². The smallest absolute Gasteiger partial charge is 0.410 e. The molecule has 0 bridgehead atoms. The number of aromatic nitrogens is 5. The number of ether oxygens (including phenoxy) is 1. The molecule has 0 aromatic carbocycles. The van der Waals surface area contributed by atoms with Gasteiger partial charge in [-0.2, -0.15) is 0 Å². The van der Waals surface area contributed by atoms with Crippen molar-refractivity contribution in [1.29, 1.82) is 0 Å². The molecule has 13 heteroatoms. The summed E-state index contributed by atoms with van der Waals surface area (Å²) in [4.78, 5) is 51.0. The Kier molecular flexibility index (Phi) is 8.75. The lowest BCUT2D eigenvalue weighted by molar-refractivity contribution is 0.00735. The minimum atomic E-state index is -0.554. The number of anilines is 2. The van der Waals surface area contributed by atoms with Crippen LogP contribution in [0.4, 0.5) is 21.0 Å². The Bertz CT molecular complexity index is 1630. The highest BCUT2D eigenvalue weighted by Gasteiger charge is 2.35. The van der Waals surface area contributed by atoms with Gasteiger partial charge in [0, 0.05) is 69.5 Å². The van der Waals surface area contributed by atoms with Crippen molar-refractivity contribution in [2.24, 2.45) is 5.92 Å². The number of nitrogens with zero attached hydrogens (tertiary/aromatic N) is 9. The molecule has 3 aromatic rings. The number of hydrogen-bond acceptors (Lipinski definition) is 8. The average molecular weight is 632 g/mol. The number of amides is 3. The first-order chi connectivity index (χ1) is 22.0. The number of carbonyl (C=O) groups is 2. The second-order valence-electron chi connectivity index (χ2n) is 13.8. The van der Waals surface area contributed by atoms with Gasteiger partial charge in [0.1, 0.15) is 17.5 Å². The van der Waals surface area contributed by atoms with Gasteiger partial charge in [0.15, 0.2) is 0 Å². The van der Waals surface area contributed by atoms with Gasteiger partial charge in [0.2, 0.25) is 0 Å². The van der Waals surface area contributed by atoms with Crippen molar-refractivity contribution in [1.82, 2.24) is 34.3 Å². The van der Waals surface area contributed by atoms with Crippen LogP contribution < -0.4 is 15.4 Å². The fraction of sp³-hybridized carbons (Fsp3) is 0.576. The highest BCUT2D eigenvalue weighted by atomic mass is 16.6. The van der Waals surface area contributed by atoms with Crippen LogP contribution in [-0.2, 0) is 4.74 Å². The predicted octanol–water partition coefficient (Wildman–Crippen LogP) is 4.45. The number of hydrogen-bond donors (Lipinski definition) is 0. The number of urea groups is 1. The summed E-state index contributed by atoms with van der Waals surface area (Å²) in [7, 11) is 1.78. The van der Waals surface area contributed by atoms with Gasteiger partial charge >= 0.3 is 12.1 Å². The molecule has 1 saturated carbocycles. The van der Waals surface area contributed by atoms with Gasteiger partial charge in [0.05, 0.1) is 24.1 Å². The molecule has 3 aliphatic rings. The molecule has 246 valence electrons. The van der Waals surface area contributed by atoms with Crippen LogP contribution in [0.25, 0.3) is 11.3 Å². The third-order valence-corrected chi connectivity index (χ3v) is 9.29. The van der Waals surface area contributed by atoms with Gasteiger partial charge < -0.3 is 19.4 Å². The maximum Gasteiger partial charge on any atom is 0.410 e. The molecule has 46 heavy (non-hydrogen) atoms. The minimum absolute atomic E-state index is 0.0246. The molecule has 13 nitrogen and oxygen atoms in total. The summed E-state index contributed by atoms with van der Waals surface area (Å²) in [6.45, 7) is 11.1. The number of pyridine rings is 2. The second-order valence-corrected chi connectivity index (χ2v) is 13.8. The van der Waals surface area contributed by atoms with Crippen molar-refractivity contribution in [2.45, 2.75) is 77.6 Å². The van der Waals surface area contributed by atoms with Crippen LogP contribution in [0.15, 0.2) is 47.8 Å². The molecular formula is C33H45N9O4. The fourth-order valence-corrected chi connectivity index (χ4v) is 6.40. The van der Waals surface area contributed by atoms with Crippen molar-refractivity contribution in [3.63, 3.8) is 0 Å². The topological polar surface area (TPSA) is 122 Å². The Balaban J connectivity index is 1.15. The molecule has 2 atom stereocenters.